The molecule has 5 N–H and O–H groups in total. The van der Waals surface area contributed by atoms with E-state index in [0.29, 0.717) is 30.7 Å². The Kier molecular flexibility index (Phi) is 19.0. The highest BCUT2D eigenvalue weighted by Gasteiger charge is 2.41. The van der Waals surface area contributed by atoms with Crippen molar-refractivity contribution in [1.82, 2.24) is 4.90 Å². The Bertz CT molecular complexity index is 1810. The van der Waals surface area contributed by atoms with Gasteiger partial charge in [-0.3, -0.25) is 4.79 Å². The third-order valence-corrected chi connectivity index (χ3v) is 11.6. The van der Waals surface area contributed by atoms with Gasteiger partial charge >= 0.3 is 11.9 Å². The van der Waals surface area contributed by atoms with Crippen LogP contribution in [0.2, 0.25) is 0 Å². The maximum absolute atomic E-state index is 12.6. The van der Waals surface area contributed by atoms with E-state index in [1.54, 1.807) is 12.1 Å². The van der Waals surface area contributed by atoms with E-state index in [4.69, 9.17) is 20.3 Å². The largest absolute Gasteiger partial charge is 0.507 e. The van der Waals surface area contributed by atoms with Crippen LogP contribution >= 0.6 is 0 Å². The van der Waals surface area contributed by atoms with Gasteiger partial charge in [-0.2, -0.15) is 0 Å². The predicted octanol–water partition coefficient (Wildman–Crippen LogP) is 10.1. The number of aromatic hydroxyl groups is 2. The number of rotatable bonds is 18. The van der Waals surface area contributed by atoms with Gasteiger partial charge in [-0.15, -0.1) is 0 Å². The average Bonchev–Trinajstić information content (AvgIpc) is 3.15. The quantitative estimate of drug-likeness (QED) is 0.0502. The van der Waals surface area contributed by atoms with E-state index in [9.17, 15) is 19.8 Å². The van der Waals surface area contributed by atoms with Gasteiger partial charge in [0.25, 0.3) is 0 Å². The number of esters is 2. The topological polar surface area (TPSA) is 143 Å². The minimum atomic E-state index is -0.763. The molecule has 4 atom stereocenters. The van der Waals surface area contributed by atoms with Crippen LogP contribution in [0.1, 0.15) is 146 Å². The van der Waals surface area contributed by atoms with Crippen molar-refractivity contribution in [2.75, 3.05) is 27.2 Å². The first-order valence-electron chi connectivity index (χ1n) is 21.3. The van der Waals surface area contributed by atoms with E-state index in [0.717, 1.165) is 104 Å². The van der Waals surface area contributed by atoms with Crippen molar-refractivity contribution in [2.24, 2.45) is 11.7 Å². The van der Waals surface area contributed by atoms with E-state index >= 15 is 0 Å². The number of carbonyl (C=O) groups is 2. The van der Waals surface area contributed by atoms with E-state index in [1.165, 1.54) is 5.57 Å². The number of benzene rings is 2. The van der Waals surface area contributed by atoms with Crippen LogP contribution in [0.4, 0.5) is 0 Å². The monoisotopic (exact) mass is 801 g/mol. The van der Waals surface area contributed by atoms with Crippen molar-refractivity contribution < 1.29 is 34.4 Å². The van der Waals surface area contributed by atoms with Gasteiger partial charge in [0.2, 0.25) is 0 Å². The van der Waals surface area contributed by atoms with Gasteiger partial charge in [-0.1, -0.05) is 87.1 Å². The highest BCUT2D eigenvalue weighted by molar-refractivity contribution is 5.75. The molecule has 0 bridgehead atoms. The van der Waals surface area contributed by atoms with Crippen LogP contribution in [0.5, 0.6) is 23.0 Å². The fraction of sp³-hybridized carbons (Fsp3) is 0.551. The van der Waals surface area contributed by atoms with Crippen LogP contribution in [0.15, 0.2) is 71.9 Å². The summed E-state index contributed by atoms with van der Waals surface area (Å²) < 4.78 is 11.3. The molecule has 0 aromatic heterocycles. The Hall–Kier alpha value is -4.18. The number of hydrogen-bond acceptors (Lipinski definition) is 9. The molecule has 0 saturated heterocycles. The summed E-state index contributed by atoms with van der Waals surface area (Å²) in [6.07, 6.45) is 16.3. The molecule has 0 amide bonds. The molecule has 9 nitrogen and oxygen atoms in total. The predicted molar refractivity (Wildman–Crippen MR) is 236 cm³/mol. The first-order chi connectivity index (χ1) is 27.4. The summed E-state index contributed by atoms with van der Waals surface area (Å²) in [7, 11) is 3.87. The molecule has 0 radical (unpaired) electrons. The molecular weight excluding hydrogens is 729 g/mol. The zero-order valence-electron chi connectivity index (χ0n) is 36.7. The van der Waals surface area contributed by atoms with Crippen LogP contribution in [-0.4, -0.2) is 64.9 Å². The number of aryl methyl sites for hydroxylation is 2. The zero-order chi connectivity index (χ0) is 43.2. The van der Waals surface area contributed by atoms with Crippen molar-refractivity contribution >= 4 is 11.9 Å². The van der Waals surface area contributed by atoms with E-state index < -0.39 is 18.1 Å². The summed E-state index contributed by atoms with van der Waals surface area (Å²) in [6.45, 7) is 20.6. The number of unbranched alkanes of at least 4 members (excludes halogenated alkanes) is 4. The minimum Gasteiger partial charge on any atom is -0.507 e. The molecule has 0 fully saturated rings. The molecule has 2 aromatic carbocycles. The van der Waals surface area contributed by atoms with Gasteiger partial charge in [0.05, 0.1) is 6.42 Å². The Morgan fingerprint density at radius 2 is 1.36 bits per heavy atom. The second kappa shape index (κ2) is 22.8. The second-order valence-corrected chi connectivity index (χ2v) is 17.0. The number of nitrogens with zero attached hydrogens (tertiary/aromatic N) is 1. The molecule has 9 heteroatoms. The fourth-order valence-electron chi connectivity index (χ4n) is 8.04. The molecular formula is C49H72N2O7. The van der Waals surface area contributed by atoms with Gasteiger partial charge in [0, 0.05) is 35.0 Å². The third-order valence-electron chi connectivity index (χ3n) is 11.6. The lowest BCUT2D eigenvalue weighted by atomic mass is 9.68. The molecule has 4 unspecified atom stereocenters. The number of hydrogen-bond donors (Lipinski definition) is 4. The number of aliphatic hydroxyl groups excluding tert-OH is 1. The summed E-state index contributed by atoms with van der Waals surface area (Å²) in [4.78, 5) is 26.4. The van der Waals surface area contributed by atoms with E-state index in [1.807, 2.05) is 58.0 Å². The lowest BCUT2D eigenvalue weighted by molar-refractivity contribution is -0.137. The second-order valence-electron chi connectivity index (χ2n) is 17.0. The number of allylic oxidation sites excluding steroid dienone is 4. The molecule has 2 aromatic rings. The van der Waals surface area contributed by atoms with Gasteiger partial charge in [-0.05, 0) is 134 Å². The summed E-state index contributed by atoms with van der Waals surface area (Å²) in [6, 6.07) is 7.34. The standard InChI is InChI=1S/C26H39NO3.C23H33NO4/c1-7-8-9-10-20-16-23(28)26(22-15-19(4)11-12-21(22)18(2)3)24(17-20)30-25(29)13-14-27(5)6;1-5-6-7-8-17-12-19(26)22(20(13-17)28-21(27)14-25)18-11-16(4)9-10-23(18,24)15(2)3/h15-17,21-22,28H,2,7-14H2,1,3-6H3;11-13,18,25-26H,2,5-10,14,24H2,1,3-4H3. The Morgan fingerprint density at radius 1 is 0.828 bits per heavy atom. The lowest BCUT2D eigenvalue weighted by Crippen LogP contribution is -2.48. The maximum atomic E-state index is 12.6. The van der Waals surface area contributed by atoms with Gasteiger partial charge < -0.3 is 35.4 Å². The molecule has 0 heterocycles. The van der Waals surface area contributed by atoms with Crippen LogP contribution in [-0.2, 0) is 22.4 Å². The average molecular weight is 801 g/mol. The molecule has 58 heavy (non-hydrogen) atoms. The number of phenolic OH excluding ortho intramolecular Hbond substituents is 2. The van der Waals surface area contributed by atoms with Crippen molar-refractivity contribution in [2.45, 2.75) is 142 Å². The maximum Gasteiger partial charge on any atom is 0.337 e. The number of nitrogens with two attached hydrogens (primary N) is 1. The van der Waals surface area contributed by atoms with E-state index in [-0.39, 0.29) is 41.0 Å². The van der Waals surface area contributed by atoms with Crippen LogP contribution in [0.3, 0.4) is 0 Å². The molecule has 0 spiro atoms. The Morgan fingerprint density at radius 3 is 1.88 bits per heavy atom. The summed E-state index contributed by atoms with van der Waals surface area (Å²) >= 11 is 0. The molecule has 2 aliphatic carbocycles. The first kappa shape index (κ1) is 48.2. The first-order valence-corrected chi connectivity index (χ1v) is 21.3. The fourth-order valence-corrected chi connectivity index (χ4v) is 8.04. The number of ether oxygens (including phenoxy) is 2. The zero-order valence-corrected chi connectivity index (χ0v) is 36.7. The molecule has 0 aliphatic heterocycles. The third kappa shape index (κ3) is 13.4. The van der Waals surface area contributed by atoms with Crippen molar-refractivity contribution in [3.63, 3.8) is 0 Å². The normalized spacial score (nSPS) is 20.4. The SMILES string of the molecule is C=C(C)C1(N)CCC(C)=CC1c1c(O)cc(CCCCC)cc1OC(=O)CO.C=C(C)C1CCC(C)=CC1c1c(O)cc(CCCCC)cc1OC(=O)CCN(C)C. The number of carbonyl (C=O) groups excluding carboxylic acids is 2. The molecule has 4 rings (SSSR count). The van der Waals surface area contributed by atoms with Crippen molar-refractivity contribution in [3.8, 4) is 23.0 Å². The summed E-state index contributed by atoms with van der Waals surface area (Å²) in [5, 5.41) is 31.1. The van der Waals surface area contributed by atoms with E-state index in [2.05, 4.69) is 40.0 Å². The van der Waals surface area contributed by atoms with Gasteiger partial charge in [0.1, 0.15) is 29.6 Å². The van der Waals surface area contributed by atoms with Crippen LogP contribution < -0.4 is 15.2 Å². The molecule has 0 saturated carbocycles. The molecule has 320 valence electrons. The summed E-state index contributed by atoms with van der Waals surface area (Å²) in [5.74, 6) is -0.153. The van der Waals surface area contributed by atoms with Crippen LogP contribution in [0.25, 0.3) is 0 Å². The van der Waals surface area contributed by atoms with Gasteiger partial charge in [0.15, 0.2) is 0 Å². The molecule has 2 aliphatic rings. The lowest BCUT2D eigenvalue weighted by Gasteiger charge is -2.41. The highest BCUT2D eigenvalue weighted by atomic mass is 16.5. The highest BCUT2D eigenvalue weighted by Crippen LogP contribution is 2.49. The number of aliphatic hydroxyl groups is 1. The smallest absolute Gasteiger partial charge is 0.337 e. The van der Waals surface area contributed by atoms with Gasteiger partial charge in [-0.25, -0.2) is 4.79 Å². The number of phenols is 2. The minimum absolute atomic E-state index is 0.0300. The van der Waals surface area contributed by atoms with Crippen molar-refractivity contribution in [1.29, 1.82) is 0 Å². The van der Waals surface area contributed by atoms with Crippen molar-refractivity contribution in [3.05, 3.63) is 94.1 Å². The summed E-state index contributed by atoms with van der Waals surface area (Å²) in [5.41, 5.74) is 13.5. The Balaban J connectivity index is 0.000000311. The van der Waals surface area contributed by atoms with Crippen LogP contribution in [0, 0.1) is 5.92 Å². The Labute approximate surface area is 348 Å².